The molecule has 13 nitrogen and oxygen atoms in total. The van der Waals surface area contributed by atoms with Crippen molar-refractivity contribution in [1.82, 2.24) is 28.9 Å². The molecule has 0 radical (unpaired) electrons. The Balaban J connectivity index is 1.06. The highest BCUT2D eigenvalue weighted by molar-refractivity contribution is 5.74. The summed E-state index contributed by atoms with van der Waals surface area (Å²) in [5.41, 5.74) is 5.66. The number of nitrogens with zero attached hydrogens (tertiary/aromatic N) is 8. The van der Waals surface area contributed by atoms with Gasteiger partial charge in [0.1, 0.15) is 49.6 Å². The van der Waals surface area contributed by atoms with Crippen LogP contribution >= 0.6 is 0 Å². The number of aryl methyl sites for hydroxylation is 6. The van der Waals surface area contributed by atoms with E-state index in [2.05, 4.69) is 110 Å². The van der Waals surface area contributed by atoms with Crippen LogP contribution in [0.1, 0.15) is 81.6 Å². The van der Waals surface area contributed by atoms with E-state index in [4.69, 9.17) is 5.73 Å². The summed E-state index contributed by atoms with van der Waals surface area (Å²) in [6.45, 7) is 19.0. The van der Waals surface area contributed by atoms with Crippen LogP contribution in [-0.4, -0.2) is 49.7 Å². The Hall–Kier alpha value is -4.26. The van der Waals surface area contributed by atoms with Crippen LogP contribution in [0.2, 0.25) is 0 Å². The maximum atomic E-state index is 12.6. The number of hydrogen-bond donors (Lipinski definition) is 3. The quantitative estimate of drug-likeness (QED) is 0.0761. The number of carbonyl (C=O) groups is 2. The van der Waals surface area contributed by atoms with Crippen LogP contribution in [0.25, 0.3) is 0 Å². The Morgan fingerprint density at radius 2 is 0.922 bits per heavy atom. The number of hydrogen-bond acceptors (Lipinski definition) is 3. The molecule has 0 fully saturated rings. The molecule has 4 rings (SSSR count). The zero-order valence-electron chi connectivity index (χ0n) is 32.0. The van der Waals surface area contributed by atoms with Crippen LogP contribution in [0.5, 0.6) is 0 Å². The van der Waals surface area contributed by atoms with Gasteiger partial charge in [0.05, 0.1) is 39.3 Å². The third-order valence-corrected chi connectivity index (χ3v) is 10.1. The highest BCUT2D eigenvalue weighted by atomic mass is 16.2. The second-order valence-corrected chi connectivity index (χ2v) is 13.8. The molecule has 4 aromatic heterocycles. The first-order valence-electron chi connectivity index (χ1n) is 19.2. The summed E-state index contributed by atoms with van der Waals surface area (Å²) in [6, 6.07) is 0. The van der Waals surface area contributed by atoms with Crippen molar-refractivity contribution in [3.8, 4) is 0 Å². The zero-order chi connectivity index (χ0) is 36.6. The first-order valence-corrected chi connectivity index (χ1v) is 19.2. The lowest BCUT2D eigenvalue weighted by Gasteiger charge is -2.07. The summed E-state index contributed by atoms with van der Waals surface area (Å²) >= 11 is 0. The Labute approximate surface area is 304 Å². The smallest absolute Gasteiger partial charge is 0.262 e. The Bertz CT molecular complexity index is 1540. The van der Waals surface area contributed by atoms with Gasteiger partial charge in [-0.1, -0.05) is 13.3 Å². The first kappa shape index (κ1) is 39.5. The van der Waals surface area contributed by atoms with Gasteiger partial charge in [0.15, 0.2) is 13.1 Å². The molecule has 4 N–H and O–H groups in total. The van der Waals surface area contributed by atoms with Crippen molar-refractivity contribution >= 4 is 11.8 Å². The highest BCUT2D eigenvalue weighted by Gasteiger charge is 2.18. The summed E-state index contributed by atoms with van der Waals surface area (Å²) in [5, 5.41) is 6.00. The molecule has 0 aliphatic heterocycles. The van der Waals surface area contributed by atoms with E-state index in [1.54, 1.807) is 0 Å². The predicted molar refractivity (Wildman–Crippen MR) is 195 cm³/mol. The summed E-state index contributed by atoms with van der Waals surface area (Å²) in [6.07, 6.45) is 25.2. The largest absolute Gasteiger partial charge is 0.353 e. The summed E-state index contributed by atoms with van der Waals surface area (Å²) in [7, 11) is 0. The van der Waals surface area contributed by atoms with Crippen molar-refractivity contribution in [2.75, 3.05) is 19.6 Å². The molecule has 0 unspecified atom stereocenters. The Morgan fingerprint density at radius 3 is 1.35 bits per heavy atom. The lowest BCUT2D eigenvalue weighted by atomic mass is 10.3. The molecule has 4 heterocycles. The summed E-state index contributed by atoms with van der Waals surface area (Å²) in [4.78, 5) is 25.3. The van der Waals surface area contributed by atoms with E-state index in [1.807, 2.05) is 21.5 Å². The van der Waals surface area contributed by atoms with E-state index in [0.29, 0.717) is 32.6 Å². The highest BCUT2D eigenvalue weighted by Crippen LogP contribution is 2.05. The number of rotatable bonds is 24. The molecule has 0 aliphatic carbocycles. The number of nitrogens with one attached hydrogen (secondary N) is 2. The van der Waals surface area contributed by atoms with Crippen molar-refractivity contribution < 1.29 is 27.9 Å². The van der Waals surface area contributed by atoms with E-state index in [0.717, 1.165) is 83.0 Å². The van der Waals surface area contributed by atoms with E-state index < -0.39 is 0 Å². The monoisotopic (exact) mass is 708 g/mol. The molecule has 2 amide bonds. The van der Waals surface area contributed by atoms with Crippen LogP contribution < -0.4 is 34.6 Å². The van der Waals surface area contributed by atoms with Crippen LogP contribution in [-0.2, 0) is 61.9 Å². The van der Waals surface area contributed by atoms with Crippen LogP contribution in [0, 0.1) is 27.7 Å². The maximum Gasteiger partial charge on any atom is 0.262 e. The Morgan fingerprint density at radius 1 is 0.549 bits per heavy atom. The van der Waals surface area contributed by atoms with E-state index in [-0.39, 0.29) is 18.4 Å². The average Bonchev–Trinajstić information content (AvgIpc) is 3.86. The van der Waals surface area contributed by atoms with E-state index in [1.165, 1.54) is 24.5 Å². The number of imidazole rings is 4. The first-order chi connectivity index (χ1) is 24.7. The van der Waals surface area contributed by atoms with Crippen LogP contribution in [0.4, 0.5) is 0 Å². The Kier molecular flexibility index (Phi) is 15.9. The third kappa shape index (κ3) is 11.9. The normalized spacial score (nSPS) is 11.4. The van der Waals surface area contributed by atoms with Gasteiger partial charge in [-0.05, 0) is 51.5 Å². The molecule has 0 aromatic carbocycles. The molecule has 0 aliphatic rings. The minimum atomic E-state index is -0.0233. The summed E-state index contributed by atoms with van der Waals surface area (Å²) < 4.78 is 17.7. The zero-order valence-corrected chi connectivity index (χ0v) is 32.0. The van der Waals surface area contributed by atoms with Crippen molar-refractivity contribution in [2.45, 2.75) is 138 Å². The minimum absolute atomic E-state index is 0.0196. The van der Waals surface area contributed by atoms with Gasteiger partial charge in [-0.3, -0.25) is 9.59 Å². The van der Waals surface area contributed by atoms with Gasteiger partial charge in [0, 0.05) is 40.8 Å². The molecule has 0 saturated heterocycles. The van der Waals surface area contributed by atoms with Gasteiger partial charge < -0.3 is 16.4 Å². The fourth-order valence-electron chi connectivity index (χ4n) is 6.60. The van der Waals surface area contributed by atoms with Crippen molar-refractivity contribution in [3.63, 3.8) is 0 Å². The molecular formula is C38H65N11O2+4. The third-order valence-electron chi connectivity index (χ3n) is 10.1. The topological polar surface area (TPSA) is 119 Å². The minimum Gasteiger partial charge on any atom is -0.353 e. The van der Waals surface area contributed by atoms with Gasteiger partial charge in [-0.25, -0.2) is 36.5 Å². The summed E-state index contributed by atoms with van der Waals surface area (Å²) in [5.74, 6) is 4.69. The molecule has 0 atom stereocenters. The molecule has 0 spiro atoms. The molecule has 4 aromatic rings. The van der Waals surface area contributed by atoms with Crippen molar-refractivity contribution in [1.29, 1.82) is 0 Å². The second kappa shape index (κ2) is 20.6. The molecule has 13 heteroatoms. The number of unbranched alkanes of at least 4 members (excludes halogenated alkanes) is 3. The van der Waals surface area contributed by atoms with Crippen molar-refractivity contribution in [3.05, 3.63) is 72.9 Å². The standard InChI is InChI=1S/C38H63N11O2/c1-6-7-17-42-23-24-43(33(42)2)18-8-10-20-45-27-29-48(35(45)4)31-37(50)40-15-13-16-41-38(51)32-49-30-28-46(36(49)5)21-11-9-19-44-25-26-47(34(44)3)22-12-14-39/h23-30H,6-22,31-32,39H2,1-5H3/q+2/p+2. The predicted octanol–water partition coefficient (Wildman–Crippen LogP) is 1.71. The number of amides is 2. The van der Waals surface area contributed by atoms with Gasteiger partial charge in [-0.2, -0.15) is 0 Å². The number of carbonyl (C=O) groups excluding carboxylic acids is 2. The van der Waals surface area contributed by atoms with Gasteiger partial charge in [-0.15, -0.1) is 0 Å². The van der Waals surface area contributed by atoms with Gasteiger partial charge in [0.25, 0.3) is 35.1 Å². The van der Waals surface area contributed by atoms with Crippen LogP contribution in [0.15, 0.2) is 49.6 Å². The molecule has 0 bridgehead atoms. The fraction of sp³-hybridized carbons (Fsp3) is 0.632. The number of nitrogens with two attached hydrogens (primary N) is 1. The SMILES string of the molecule is CCCCn1cc[n+](CCCCn2cc[n+](CC(=O)NCCCNC(=O)C[n+]3ccn(CCCCn4cc[n+](CCCN)c4C)c3C)c2C)c1C. The van der Waals surface area contributed by atoms with E-state index >= 15 is 0 Å². The lowest BCUT2D eigenvalue weighted by Crippen LogP contribution is -2.45. The molecular weight excluding hydrogens is 642 g/mol. The average molecular weight is 708 g/mol. The van der Waals surface area contributed by atoms with Crippen LogP contribution in [0.3, 0.4) is 0 Å². The molecule has 280 valence electrons. The maximum absolute atomic E-state index is 12.6. The fourth-order valence-corrected chi connectivity index (χ4v) is 6.60. The molecule has 51 heavy (non-hydrogen) atoms. The van der Waals surface area contributed by atoms with E-state index in [9.17, 15) is 9.59 Å². The van der Waals surface area contributed by atoms with Gasteiger partial charge in [0.2, 0.25) is 0 Å². The second-order valence-electron chi connectivity index (χ2n) is 13.8. The molecule has 0 saturated carbocycles. The number of aromatic nitrogens is 8. The lowest BCUT2D eigenvalue weighted by molar-refractivity contribution is -0.703. The van der Waals surface area contributed by atoms with Gasteiger partial charge >= 0.3 is 0 Å². The van der Waals surface area contributed by atoms with Crippen molar-refractivity contribution in [2.24, 2.45) is 5.73 Å².